The van der Waals surface area contributed by atoms with E-state index in [9.17, 15) is 14.7 Å². The number of unbranched alkanes of at least 4 members (excludes halogenated alkanes) is 1. The van der Waals surface area contributed by atoms with Gasteiger partial charge < -0.3 is 10.4 Å². The van der Waals surface area contributed by atoms with Gasteiger partial charge in [0.1, 0.15) is 5.54 Å². The Morgan fingerprint density at radius 2 is 2.11 bits per heavy atom. The number of urea groups is 1. The molecular weight excluding hydrogens is 252 g/mol. The molecule has 3 amide bonds. The minimum atomic E-state index is -0.855. The van der Waals surface area contributed by atoms with Crippen LogP contribution in [-0.2, 0) is 4.79 Å². The molecule has 1 aliphatic heterocycles. The van der Waals surface area contributed by atoms with Crippen LogP contribution in [0.4, 0.5) is 4.79 Å². The third-order valence-corrected chi connectivity index (χ3v) is 3.99. The second-order valence-electron chi connectivity index (χ2n) is 5.05. The highest BCUT2D eigenvalue weighted by atomic mass is 32.2. The molecule has 1 heterocycles. The summed E-state index contributed by atoms with van der Waals surface area (Å²) in [5, 5.41) is 12.4. The fourth-order valence-corrected chi connectivity index (χ4v) is 2.75. The van der Waals surface area contributed by atoms with Gasteiger partial charge in [-0.05, 0) is 26.0 Å². The zero-order chi connectivity index (χ0) is 13.8. The summed E-state index contributed by atoms with van der Waals surface area (Å²) in [6.07, 6.45) is 1.59. The molecule has 1 aliphatic rings. The molecule has 2 N–H and O–H groups in total. The summed E-state index contributed by atoms with van der Waals surface area (Å²) in [7, 11) is 0. The lowest BCUT2D eigenvalue weighted by Gasteiger charge is -2.18. The number of rotatable bonds is 7. The van der Waals surface area contributed by atoms with E-state index in [4.69, 9.17) is 0 Å². The third-order valence-electron chi connectivity index (χ3n) is 2.79. The van der Waals surface area contributed by atoms with Gasteiger partial charge in [0.15, 0.2) is 0 Å². The molecule has 1 fully saturated rings. The summed E-state index contributed by atoms with van der Waals surface area (Å²) in [5.41, 5.74) is -0.855. The van der Waals surface area contributed by atoms with Crippen molar-refractivity contribution in [1.82, 2.24) is 10.2 Å². The minimum Gasteiger partial charge on any atom is -0.390 e. The van der Waals surface area contributed by atoms with Gasteiger partial charge in [0.2, 0.25) is 0 Å². The normalized spacial score (nSPS) is 20.1. The predicted molar refractivity (Wildman–Crippen MR) is 72.6 cm³/mol. The molecule has 5 nitrogen and oxygen atoms in total. The highest BCUT2D eigenvalue weighted by molar-refractivity contribution is 7.99. The molecule has 1 saturated heterocycles. The topological polar surface area (TPSA) is 69.6 Å². The van der Waals surface area contributed by atoms with Crippen molar-refractivity contribution in [2.24, 2.45) is 0 Å². The lowest BCUT2D eigenvalue weighted by molar-refractivity contribution is -0.131. The van der Waals surface area contributed by atoms with Gasteiger partial charge in [0.25, 0.3) is 5.91 Å². The van der Waals surface area contributed by atoms with Crippen molar-refractivity contribution in [2.75, 3.05) is 18.1 Å². The van der Waals surface area contributed by atoms with E-state index in [0.29, 0.717) is 5.75 Å². The van der Waals surface area contributed by atoms with Gasteiger partial charge in [-0.2, -0.15) is 11.8 Å². The van der Waals surface area contributed by atoms with Crippen molar-refractivity contribution in [1.29, 1.82) is 0 Å². The predicted octanol–water partition coefficient (Wildman–Crippen LogP) is 1.21. The maximum atomic E-state index is 11.9. The Morgan fingerprint density at radius 1 is 1.44 bits per heavy atom. The van der Waals surface area contributed by atoms with E-state index in [0.717, 1.165) is 23.5 Å². The Kier molecular flexibility index (Phi) is 5.47. The fraction of sp³-hybridized carbons (Fsp3) is 0.833. The van der Waals surface area contributed by atoms with Gasteiger partial charge >= 0.3 is 6.03 Å². The molecule has 0 aromatic carbocycles. The van der Waals surface area contributed by atoms with Crippen LogP contribution in [0.25, 0.3) is 0 Å². The quantitative estimate of drug-likeness (QED) is 0.541. The van der Waals surface area contributed by atoms with Gasteiger partial charge in [0, 0.05) is 5.75 Å². The van der Waals surface area contributed by atoms with Crippen LogP contribution in [-0.4, -0.2) is 51.6 Å². The van der Waals surface area contributed by atoms with Crippen molar-refractivity contribution in [2.45, 2.75) is 45.3 Å². The Hall–Kier alpha value is -0.750. The summed E-state index contributed by atoms with van der Waals surface area (Å²) in [5.74, 6) is 1.28. The molecule has 6 heteroatoms. The molecule has 0 aromatic rings. The Balaban J connectivity index is 2.38. The fourth-order valence-electron chi connectivity index (χ4n) is 1.71. The highest BCUT2D eigenvalue weighted by Crippen LogP contribution is 2.17. The average molecular weight is 274 g/mol. The van der Waals surface area contributed by atoms with Crippen molar-refractivity contribution in [3.05, 3.63) is 0 Å². The molecule has 0 spiro atoms. The minimum absolute atomic E-state index is 0.0766. The number of aliphatic hydroxyl groups is 1. The molecule has 0 bridgehead atoms. The number of nitrogens with zero attached hydrogens (tertiary/aromatic N) is 1. The van der Waals surface area contributed by atoms with Crippen LogP contribution in [0, 0.1) is 0 Å². The molecule has 1 atom stereocenters. The van der Waals surface area contributed by atoms with Gasteiger partial charge in [-0.1, -0.05) is 13.3 Å². The maximum absolute atomic E-state index is 11.9. The van der Waals surface area contributed by atoms with Crippen LogP contribution >= 0.6 is 11.8 Å². The van der Waals surface area contributed by atoms with Gasteiger partial charge in [0.05, 0.1) is 12.6 Å². The number of amides is 3. The van der Waals surface area contributed by atoms with E-state index in [-0.39, 0.29) is 12.5 Å². The maximum Gasteiger partial charge on any atom is 0.325 e. The molecule has 0 unspecified atom stereocenters. The molecular formula is C12H22N2O3S. The van der Waals surface area contributed by atoms with Gasteiger partial charge in [-0.3, -0.25) is 9.69 Å². The number of hydrogen-bond donors (Lipinski definition) is 2. The number of thioether (sulfide) groups is 1. The number of nitrogens with one attached hydrogen (secondary N) is 1. The van der Waals surface area contributed by atoms with E-state index in [1.54, 1.807) is 25.6 Å². The van der Waals surface area contributed by atoms with E-state index in [2.05, 4.69) is 12.2 Å². The molecule has 0 radical (unpaired) electrons. The first kappa shape index (κ1) is 15.3. The van der Waals surface area contributed by atoms with E-state index in [1.807, 2.05) is 0 Å². The van der Waals surface area contributed by atoms with Crippen molar-refractivity contribution < 1.29 is 14.7 Å². The number of carbonyl (C=O) groups excluding carboxylic acids is 2. The Bertz CT molecular complexity index is 320. The SMILES string of the molecule is CCCCSC[C@H](O)CN1C(=O)NC(C)(C)C1=O. The van der Waals surface area contributed by atoms with Gasteiger partial charge in [-0.25, -0.2) is 4.79 Å². The van der Waals surface area contributed by atoms with Crippen LogP contribution in [0.3, 0.4) is 0 Å². The Morgan fingerprint density at radius 3 is 2.61 bits per heavy atom. The number of carbonyl (C=O) groups is 2. The summed E-state index contributed by atoms with van der Waals surface area (Å²) in [6.45, 7) is 5.52. The number of β-amino-alcohol motifs (C(OH)–C–C–N with tert-alkyl or cyclic N) is 1. The zero-order valence-electron chi connectivity index (χ0n) is 11.2. The van der Waals surface area contributed by atoms with Crippen LogP contribution in [0.5, 0.6) is 0 Å². The molecule has 104 valence electrons. The largest absolute Gasteiger partial charge is 0.390 e. The van der Waals surface area contributed by atoms with Crippen LogP contribution in [0.1, 0.15) is 33.6 Å². The molecule has 0 aromatic heterocycles. The summed E-state index contributed by atoms with van der Waals surface area (Å²) >= 11 is 1.65. The van der Waals surface area contributed by atoms with E-state index < -0.39 is 17.7 Å². The summed E-state index contributed by atoms with van der Waals surface area (Å²) in [6, 6.07) is -0.414. The highest BCUT2D eigenvalue weighted by Gasteiger charge is 2.44. The first-order valence-corrected chi connectivity index (χ1v) is 7.44. The second kappa shape index (κ2) is 6.43. The number of imide groups is 1. The number of aliphatic hydroxyl groups excluding tert-OH is 1. The Labute approximate surface area is 112 Å². The molecule has 1 rings (SSSR count). The lowest BCUT2D eigenvalue weighted by Crippen LogP contribution is -2.42. The van der Waals surface area contributed by atoms with E-state index in [1.165, 1.54) is 0 Å². The average Bonchev–Trinajstić information content (AvgIpc) is 2.47. The first-order valence-electron chi connectivity index (χ1n) is 6.28. The molecule has 0 saturated carbocycles. The monoisotopic (exact) mass is 274 g/mol. The van der Waals surface area contributed by atoms with Crippen LogP contribution in [0.2, 0.25) is 0 Å². The van der Waals surface area contributed by atoms with Crippen LogP contribution < -0.4 is 5.32 Å². The standard InChI is InChI=1S/C12H22N2O3S/c1-4-5-6-18-8-9(15)7-14-10(16)12(2,3)13-11(14)17/h9,15H,4-8H2,1-3H3,(H,13,17)/t9-/m1/s1. The zero-order valence-corrected chi connectivity index (χ0v) is 12.0. The van der Waals surface area contributed by atoms with E-state index >= 15 is 0 Å². The van der Waals surface area contributed by atoms with Crippen molar-refractivity contribution in [3.8, 4) is 0 Å². The number of hydrogen-bond acceptors (Lipinski definition) is 4. The summed E-state index contributed by atoms with van der Waals surface area (Å²) in [4.78, 5) is 24.6. The van der Waals surface area contributed by atoms with Gasteiger partial charge in [-0.15, -0.1) is 0 Å². The molecule has 18 heavy (non-hydrogen) atoms. The van der Waals surface area contributed by atoms with Crippen molar-refractivity contribution in [3.63, 3.8) is 0 Å². The lowest BCUT2D eigenvalue weighted by atomic mass is 10.1. The third kappa shape index (κ3) is 3.88. The second-order valence-corrected chi connectivity index (χ2v) is 6.20. The van der Waals surface area contributed by atoms with Crippen LogP contribution in [0.15, 0.2) is 0 Å². The van der Waals surface area contributed by atoms with Crippen molar-refractivity contribution >= 4 is 23.7 Å². The molecule has 0 aliphatic carbocycles. The first-order chi connectivity index (χ1) is 8.38. The smallest absolute Gasteiger partial charge is 0.325 e. The summed E-state index contributed by atoms with van der Waals surface area (Å²) < 4.78 is 0.